The van der Waals surface area contributed by atoms with E-state index in [1.807, 2.05) is 19.1 Å². The minimum Gasteiger partial charge on any atom is -0.507 e. The van der Waals surface area contributed by atoms with Crippen LogP contribution in [-0.4, -0.2) is 26.8 Å². The molecule has 36 heavy (non-hydrogen) atoms. The van der Waals surface area contributed by atoms with Gasteiger partial charge in [-0.1, -0.05) is 36.4 Å². The number of nitrogens with one attached hydrogen (secondary N) is 2. The monoisotopic (exact) mass is 484 g/mol. The molecule has 7 nitrogen and oxygen atoms in total. The Balaban J connectivity index is 1.40. The Bertz CT molecular complexity index is 1460. The fourth-order valence-corrected chi connectivity index (χ4v) is 4.09. The van der Waals surface area contributed by atoms with Crippen LogP contribution in [0.3, 0.4) is 0 Å². The van der Waals surface area contributed by atoms with Gasteiger partial charge in [-0.2, -0.15) is 9.78 Å². The number of carbonyl (C=O) groups excluding carboxylic acids is 2. The Kier molecular flexibility index (Phi) is 6.25. The minimum atomic E-state index is -0.477. The van der Waals surface area contributed by atoms with Crippen LogP contribution in [0.4, 0.5) is 14.9 Å². The first-order valence-electron chi connectivity index (χ1n) is 11.7. The number of aromatic hydroxyl groups is 1. The zero-order valence-corrected chi connectivity index (χ0v) is 19.7. The fourth-order valence-electron chi connectivity index (χ4n) is 4.09. The standard InChI is InChI=1S/C28H25FN4O3/c1-17-6-2-4-8-21(17)27(35)31-20-12-13-26(34)22(14-20)24-15-25(18-10-11-18)33(32-24)28(36)30-16-19-7-3-5-9-23(19)29/h2-9,12-15,18,34H,10-11,16H2,1H3,(H,30,36)(H,31,35). The zero-order chi connectivity index (χ0) is 25.2. The van der Waals surface area contributed by atoms with E-state index in [-0.39, 0.29) is 24.1 Å². The number of aryl methyl sites for hydroxylation is 1. The molecule has 4 aromatic rings. The first-order valence-corrected chi connectivity index (χ1v) is 11.7. The van der Waals surface area contributed by atoms with E-state index in [4.69, 9.17) is 0 Å². The molecule has 3 aromatic carbocycles. The third-order valence-corrected chi connectivity index (χ3v) is 6.23. The number of aromatic nitrogens is 2. The largest absolute Gasteiger partial charge is 0.507 e. The minimum absolute atomic E-state index is 0.0243. The van der Waals surface area contributed by atoms with Crippen molar-refractivity contribution in [1.82, 2.24) is 15.1 Å². The number of rotatable bonds is 6. The van der Waals surface area contributed by atoms with Gasteiger partial charge in [0, 0.05) is 34.8 Å². The van der Waals surface area contributed by atoms with Gasteiger partial charge in [-0.05, 0) is 61.7 Å². The molecule has 0 bridgehead atoms. The fraction of sp³-hybridized carbons (Fsp3) is 0.179. The summed E-state index contributed by atoms with van der Waals surface area (Å²) in [4.78, 5) is 25.7. The van der Waals surface area contributed by atoms with Crippen LogP contribution in [0, 0.1) is 12.7 Å². The smallest absolute Gasteiger partial charge is 0.342 e. The summed E-state index contributed by atoms with van der Waals surface area (Å²) in [6.07, 6.45) is 1.87. The van der Waals surface area contributed by atoms with E-state index in [9.17, 15) is 19.1 Å². The average Bonchev–Trinajstić information content (AvgIpc) is 3.63. The van der Waals surface area contributed by atoms with Gasteiger partial charge in [-0.25, -0.2) is 9.18 Å². The quantitative estimate of drug-likeness (QED) is 0.311. The van der Waals surface area contributed by atoms with Gasteiger partial charge in [-0.15, -0.1) is 0 Å². The number of carbonyl (C=O) groups is 2. The molecule has 1 aliphatic carbocycles. The summed E-state index contributed by atoms with van der Waals surface area (Å²) in [5, 5.41) is 20.6. The molecule has 5 rings (SSSR count). The lowest BCUT2D eigenvalue weighted by Gasteiger charge is -2.10. The molecular formula is C28H25FN4O3. The molecule has 0 aliphatic heterocycles. The number of hydrogen-bond acceptors (Lipinski definition) is 4. The second-order valence-corrected chi connectivity index (χ2v) is 8.89. The number of anilines is 1. The van der Waals surface area contributed by atoms with E-state index in [1.54, 1.807) is 48.5 Å². The van der Waals surface area contributed by atoms with E-state index >= 15 is 0 Å². The van der Waals surface area contributed by atoms with Gasteiger partial charge in [0.1, 0.15) is 11.6 Å². The lowest BCUT2D eigenvalue weighted by atomic mass is 10.1. The third-order valence-electron chi connectivity index (χ3n) is 6.23. The molecule has 0 unspecified atom stereocenters. The maximum Gasteiger partial charge on any atom is 0.342 e. The van der Waals surface area contributed by atoms with Gasteiger partial charge in [0.25, 0.3) is 5.91 Å². The predicted octanol–water partition coefficient (Wildman–Crippen LogP) is 5.59. The van der Waals surface area contributed by atoms with Gasteiger partial charge in [0.2, 0.25) is 0 Å². The van der Waals surface area contributed by atoms with E-state index in [2.05, 4.69) is 15.7 Å². The highest BCUT2D eigenvalue weighted by atomic mass is 19.1. The molecular weight excluding hydrogens is 459 g/mol. The number of benzene rings is 3. The van der Waals surface area contributed by atoms with Crippen LogP contribution in [0.25, 0.3) is 11.3 Å². The van der Waals surface area contributed by atoms with Crippen LogP contribution in [0.5, 0.6) is 5.75 Å². The van der Waals surface area contributed by atoms with Crippen LogP contribution in [-0.2, 0) is 6.54 Å². The number of phenols is 1. The summed E-state index contributed by atoms with van der Waals surface area (Å²) in [6, 6.07) is 19.6. The second kappa shape index (κ2) is 9.65. The first-order chi connectivity index (χ1) is 17.4. The van der Waals surface area contributed by atoms with Crippen LogP contribution in [0.15, 0.2) is 72.8 Å². The lowest BCUT2D eigenvalue weighted by molar-refractivity contribution is 0.102. The Morgan fingerprint density at radius 3 is 2.56 bits per heavy atom. The van der Waals surface area contributed by atoms with E-state index in [0.717, 1.165) is 24.1 Å². The molecule has 1 aromatic heterocycles. The molecule has 3 N–H and O–H groups in total. The average molecular weight is 485 g/mol. The van der Waals surface area contributed by atoms with Gasteiger partial charge in [0.15, 0.2) is 0 Å². The Labute approximate surface area is 207 Å². The normalized spacial score (nSPS) is 12.8. The van der Waals surface area contributed by atoms with Crippen molar-refractivity contribution in [2.24, 2.45) is 0 Å². The third kappa shape index (κ3) is 4.84. The van der Waals surface area contributed by atoms with Crippen molar-refractivity contribution in [3.63, 3.8) is 0 Å². The molecule has 0 saturated heterocycles. The molecule has 1 saturated carbocycles. The van der Waals surface area contributed by atoms with Gasteiger partial charge in [0.05, 0.1) is 11.4 Å². The zero-order valence-electron chi connectivity index (χ0n) is 19.7. The molecule has 1 heterocycles. The Morgan fingerprint density at radius 1 is 1.06 bits per heavy atom. The number of hydrogen-bond donors (Lipinski definition) is 3. The summed E-state index contributed by atoms with van der Waals surface area (Å²) in [5.74, 6) is -0.489. The van der Waals surface area contributed by atoms with E-state index in [1.165, 1.54) is 16.8 Å². The molecule has 0 radical (unpaired) electrons. The number of nitrogens with zero attached hydrogens (tertiary/aromatic N) is 2. The van der Waals surface area contributed by atoms with Crippen molar-refractivity contribution in [3.8, 4) is 17.0 Å². The summed E-state index contributed by atoms with van der Waals surface area (Å²) >= 11 is 0. The second-order valence-electron chi connectivity index (χ2n) is 8.89. The molecule has 1 fully saturated rings. The Hall–Kier alpha value is -4.46. The highest BCUT2D eigenvalue weighted by molar-refractivity contribution is 6.05. The van der Waals surface area contributed by atoms with Crippen LogP contribution in [0.1, 0.15) is 45.9 Å². The van der Waals surface area contributed by atoms with Gasteiger partial charge in [-0.3, -0.25) is 4.79 Å². The first kappa shape index (κ1) is 23.3. The maximum atomic E-state index is 14.0. The molecule has 182 valence electrons. The molecule has 1 aliphatic rings. The summed E-state index contributed by atoms with van der Waals surface area (Å²) in [7, 11) is 0. The molecule has 8 heteroatoms. The Morgan fingerprint density at radius 2 is 1.81 bits per heavy atom. The van der Waals surface area contributed by atoms with Crippen molar-refractivity contribution in [1.29, 1.82) is 0 Å². The topological polar surface area (TPSA) is 96.2 Å². The van der Waals surface area contributed by atoms with E-state index in [0.29, 0.717) is 28.1 Å². The van der Waals surface area contributed by atoms with Crippen molar-refractivity contribution >= 4 is 17.6 Å². The van der Waals surface area contributed by atoms with E-state index < -0.39 is 11.8 Å². The van der Waals surface area contributed by atoms with Crippen LogP contribution < -0.4 is 10.6 Å². The maximum absolute atomic E-state index is 14.0. The van der Waals surface area contributed by atoms with Crippen LogP contribution >= 0.6 is 0 Å². The van der Waals surface area contributed by atoms with Crippen molar-refractivity contribution in [2.75, 3.05) is 5.32 Å². The predicted molar refractivity (Wildman–Crippen MR) is 134 cm³/mol. The molecule has 2 amide bonds. The number of phenolic OH excluding ortho intramolecular Hbond substituents is 1. The molecule has 0 spiro atoms. The van der Waals surface area contributed by atoms with Gasteiger partial charge >= 0.3 is 6.03 Å². The van der Waals surface area contributed by atoms with Crippen molar-refractivity contribution in [2.45, 2.75) is 32.2 Å². The number of amides is 2. The lowest BCUT2D eigenvalue weighted by Crippen LogP contribution is -2.30. The number of halogens is 1. The van der Waals surface area contributed by atoms with Crippen LogP contribution in [0.2, 0.25) is 0 Å². The molecule has 0 atom stereocenters. The highest BCUT2D eigenvalue weighted by Crippen LogP contribution is 2.42. The summed E-state index contributed by atoms with van der Waals surface area (Å²) < 4.78 is 15.2. The van der Waals surface area contributed by atoms with Crippen molar-refractivity contribution in [3.05, 3.63) is 101 Å². The highest BCUT2D eigenvalue weighted by Gasteiger charge is 2.31. The SMILES string of the molecule is Cc1ccccc1C(=O)Nc1ccc(O)c(-c2cc(C3CC3)n(C(=O)NCc3ccccc3F)n2)c1. The van der Waals surface area contributed by atoms with Crippen molar-refractivity contribution < 1.29 is 19.1 Å². The van der Waals surface area contributed by atoms with Gasteiger partial charge < -0.3 is 15.7 Å². The summed E-state index contributed by atoms with van der Waals surface area (Å²) in [6.45, 7) is 1.89. The summed E-state index contributed by atoms with van der Waals surface area (Å²) in [5.41, 5.74) is 3.79.